The van der Waals surface area contributed by atoms with Crippen LogP contribution >= 0.6 is 0 Å². The maximum absolute atomic E-state index is 12.6. The normalized spacial score (nSPS) is 19.3. The van der Waals surface area contributed by atoms with Crippen LogP contribution in [0.1, 0.15) is 18.0 Å². The van der Waals surface area contributed by atoms with E-state index >= 15 is 0 Å². The van der Waals surface area contributed by atoms with Crippen LogP contribution in [-0.4, -0.2) is 57.2 Å². The van der Waals surface area contributed by atoms with E-state index in [9.17, 15) is 4.79 Å². The quantitative estimate of drug-likeness (QED) is 0.851. The summed E-state index contributed by atoms with van der Waals surface area (Å²) < 4.78 is 1.70. The van der Waals surface area contributed by atoms with Crippen LogP contribution < -0.4 is 0 Å². The van der Waals surface area contributed by atoms with Crippen LogP contribution in [0.5, 0.6) is 0 Å². The molecule has 0 radical (unpaired) electrons. The Morgan fingerprint density at radius 1 is 1.27 bits per heavy atom. The third kappa shape index (κ3) is 3.33. The number of likely N-dealkylation sites (N-methyl/N-ethyl adjacent to an activating group) is 1. The van der Waals surface area contributed by atoms with Gasteiger partial charge in [0, 0.05) is 26.1 Å². The number of carbonyl (C=O) groups is 1. The van der Waals surface area contributed by atoms with Crippen molar-refractivity contribution in [2.75, 3.05) is 26.7 Å². The van der Waals surface area contributed by atoms with Gasteiger partial charge in [0.2, 0.25) is 5.91 Å². The molecule has 1 aromatic carbocycles. The van der Waals surface area contributed by atoms with Crippen molar-refractivity contribution in [1.82, 2.24) is 24.6 Å². The lowest BCUT2D eigenvalue weighted by atomic mass is 10.0. The highest BCUT2D eigenvalue weighted by atomic mass is 16.2. The monoisotopic (exact) mass is 299 g/mol. The predicted octanol–water partition coefficient (Wildman–Crippen LogP) is 1.18. The van der Waals surface area contributed by atoms with Gasteiger partial charge >= 0.3 is 0 Å². The first kappa shape index (κ1) is 14.7. The first-order valence-electron chi connectivity index (χ1n) is 7.59. The predicted molar refractivity (Wildman–Crippen MR) is 83.0 cm³/mol. The molecule has 1 aromatic heterocycles. The lowest BCUT2D eigenvalue weighted by Crippen LogP contribution is -2.49. The van der Waals surface area contributed by atoms with Gasteiger partial charge in [-0.2, -0.15) is 5.10 Å². The molecule has 1 fully saturated rings. The summed E-state index contributed by atoms with van der Waals surface area (Å²) in [5.41, 5.74) is 1.20. The van der Waals surface area contributed by atoms with Gasteiger partial charge in [0.15, 0.2) is 0 Å². The summed E-state index contributed by atoms with van der Waals surface area (Å²) in [4.78, 5) is 20.8. The lowest BCUT2D eigenvalue weighted by Gasteiger charge is -2.40. The minimum atomic E-state index is 0.128. The summed E-state index contributed by atoms with van der Waals surface area (Å²) >= 11 is 0. The van der Waals surface area contributed by atoms with Gasteiger partial charge in [-0.15, -0.1) is 0 Å². The highest BCUT2D eigenvalue weighted by Gasteiger charge is 2.29. The second kappa shape index (κ2) is 6.70. The summed E-state index contributed by atoms with van der Waals surface area (Å²) in [6.45, 7) is 3.14. The van der Waals surface area contributed by atoms with Gasteiger partial charge in [0.05, 0.1) is 12.6 Å². The molecule has 22 heavy (non-hydrogen) atoms. The topological polar surface area (TPSA) is 54.3 Å². The zero-order valence-electron chi connectivity index (χ0n) is 12.8. The van der Waals surface area contributed by atoms with E-state index in [1.165, 1.54) is 11.9 Å². The average molecular weight is 299 g/mol. The number of carbonyl (C=O) groups excluding carboxylic acids is 1. The second-order valence-electron chi connectivity index (χ2n) is 5.68. The molecule has 1 atom stereocenters. The first-order valence-corrected chi connectivity index (χ1v) is 7.59. The van der Waals surface area contributed by atoms with E-state index in [1.54, 1.807) is 11.0 Å². The minimum absolute atomic E-state index is 0.128. The van der Waals surface area contributed by atoms with Gasteiger partial charge in [-0.25, -0.2) is 4.98 Å². The van der Waals surface area contributed by atoms with Crippen LogP contribution in [0.3, 0.4) is 0 Å². The van der Waals surface area contributed by atoms with E-state index in [4.69, 9.17) is 0 Å². The van der Waals surface area contributed by atoms with Gasteiger partial charge in [-0.05, 0) is 12.6 Å². The molecule has 116 valence electrons. The number of hydrogen-bond donors (Lipinski definition) is 0. The maximum atomic E-state index is 12.6. The number of aromatic nitrogens is 3. The number of rotatable bonds is 4. The van der Waals surface area contributed by atoms with Gasteiger partial charge in [-0.1, -0.05) is 30.3 Å². The number of benzene rings is 1. The molecule has 1 saturated heterocycles. The van der Waals surface area contributed by atoms with Crippen LogP contribution in [0.4, 0.5) is 0 Å². The third-order valence-electron chi connectivity index (χ3n) is 4.11. The molecular weight excluding hydrogens is 278 g/mol. The fraction of sp³-hybridized carbons (Fsp3) is 0.438. The van der Waals surface area contributed by atoms with E-state index in [-0.39, 0.29) is 11.9 Å². The first-order chi connectivity index (χ1) is 10.7. The molecule has 1 aliphatic heterocycles. The van der Waals surface area contributed by atoms with Crippen molar-refractivity contribution in [3.05, 3.63) is 48.5 Å². The van der Waals surface area contributed by atoms with Crippen LogP contribution in [0.15, 0.2) is 43.0 Å². The molecule has 1 aliphatic rings. The number of amides is 1. The molecule has 1 unspecified atom stereocenters. The summed E-state index contributed by atoms with van der Waals surface area (Å²) in [5, 5.41) is 4.05. The average Bonchev–Trinajstić information content (AvgIpc) is 3.07. The van der Waals surface area contributed by atoms with Crippen molar-refractivity contribution in [3.63, 3.8) is 0 Å². The molecule has 0 N–H and O–H groups in total. The number of aryl methyl sites for hydroxylation is 1. The summed E-state index contributed by atoms with van der Waals surface area (Å²) in [5.74, 6) is 0.178. The van der Waals surface area contributed by atoms with Gasteiger partial charge < -0.3 is 9.80 Å². The van der Waals surface area contributed by atoms with Crippen molar-refractivity contribution in [3.8, 4) is 0 Å². The van der Waals surface area contributed by atoms with Crippen LogP contribution in [-0.2, 0) is 11.3 Å². The number of nitrogens with zero attached hydrogens (tertiary/aromatic N) is 5. The fourth-order valence-corrected chi connectivity index (χ4v) is 2.88. The van der Waals surface area contributed by atoms with Crippen molar-refractivity contribution in [2.24, 2.45) is 0 Å². The second-order valence-corrected chi connectivity index (χ2v) is 5.68. The Hall–Kier alpha value is -2.21. The molecule has 0 bridgehead atoms. The SMILES string of the molecule is CN1CCN(C(=O)CCn2cncn2)C(c2ccccc2)C1. The molecule has 3 rings (SSSR count). The highest BCUT2D eigenvalue weighted by Crippen LogP contribution is 2.25. The minimum Gasteiger partial charge on any atom is -0.333 e. The van der Waals surface area contributed by atoms with Crippen LogP contribution in [0, 0.1) is 0 Å². The molecule has 6 heteroatoms. The fourth-order valence-electron chi connectivity index (χ4n) is 2.88. The van der Waals surface area contributed by atoms with Gasteiger partial charge in [0.25, 0.3) is 0 Å². The zero-order chi connectivity index (χ0) is 15.4. The van der Waals surface area contributed by atoms with Crippen LogP contribution in [0.25, 0.3) is 0 Å². The van der Waals surface area contributed by atoms with E-state index in [0.717, 1.165) is 19.6 Å². The third-order valence-corrected chi connectivity index (χ3v) is 4.11. The van der Waals surface area contributed by atoms with Gasteiger partial charge in [-0.3, -0.25) is 9.48 Å². The lowest BCUT2D eigenvalue weighted by molar-refractivity contribution is -0.136. The van der Waals surface area contributed by atoms with E-state index in [0.29, 0.717) is 13.0 Å². The Bertz CT molecular complexity index is 598. The largest absolute Gasteiger partial charge is 0.333 e. The molecule has 0 spiro atoms. The van der Waals surface area contributed by atoms with Gasteiger partial charge in [0.1, 0.15) is 12.7 Å². The maximum Gasteiger partial charge on any atom is 0.225 e. The molecule has 0 aliphatic carbocycles. The molecule has 2 heterocycles. The molecule has 1 amide bonds. The molecule has 2 aromatic rings. The summed E-state index contributed by atoms with van der Waals surface area (Å²) in [7, 11) is 2.10. The number of hydrogen-bond acceptors (Lipinski definition) is 4. The molecule has 0 saturated carbocycles. The summed E-state index contributed by atoms with van der Waals surface area (Å²) in [6, 6.07) is 10.4. The molecular formula is C16H21N5O. The van der Waals surface area contributed by atoms with Crippen molar-refractivity contribution in [1.29, 1.82) is 0 Å². The van der Waals surface area contributed by atoms with Crippen molar-refractivity contribution < 1.29 is 4.79 Å². The van der Waals surface area contributed by atoms with Crippen molar-refractivity contribution >= 4 is 5.91 Å². The Kier molecular flexibility index (Phi) is 4.48. The number of piperazine rings is 1. The Morgan fingerprint density at radius 3 is 2.82 bits per heavy atom. The van der Waals surface area contributed by atoms with Crippen molar-refractivity contribution in [2.45, 2.75) is 19.0 Å². The van der Waals surface area contributed by atoms with E-state index in [2.05, 4.69) is 34.2 Å². The molecule has 6 nitrogen and oxygen atoms in total. The smallest absolute Gasteiger partial charge is 0.225 e. The van der Waals surface area contributed by atoms with E-state index < -0.39 is 0 Å². The van der Waals surface area contributed by atoms with E-state index in [1.807, 2.05) is 23.1 Å². The Balaban J connectivity index is 1.70. The van der Waals surface area contributed by atoms with Crippen LogP contribution in [0.2, 0.25) is 0 Å². The Labute approximate surface area is 130 Å². The summed E-state index contributed by atoms with van der Waals surface area (Å²) in [6.07, 6.45) is 3.59. The zero-order valence-corrected chi connectivity index (χ0v) is 12.8. The standard InChI is InChI=1S/C16H21N5O/c1-19-9-10-21(15(11-19)14-5-3-2-4-6-14)16(22)7-8-20-13-17-12-18-20/h2-6,12-13,15H,7-11H2,1H3. The highest BCUT2D eigenvalue weighted by molar-refractivity contribution is 5.76. The Morgan fingerprint density at radius 2 is 2.09 bits per heavy atom.